The number of fused-ring (bicyclic) bond motifs is 1. The molecule has 0 aliphatic rings. The number of carboxylic acids is 1. The average molecular weight is 437 g/mol. The normalized spacial score (nSPS) is 11.1. The molecule has 168 valence electrons. The highest BCUT2D eigenvalue weighted by Crippen LogP contribution is 2.32. The fourth-order valence-electron chi connectivity index (χ4n) is 3.91. The van der Waals surface area contributed by atoms with Crippen LogP contribution in [0.2, 0.25) is 0 Å². The molecule has 0 unspecified atom stereocenters. The average Bonchev–Trinajstić information content (AvgIpc) is 3.01. The molecule has 32 heavy (non-hydrogen) atoms. The number of amides is 1. The number of benzene rings is 2. The third-order valence-electron chi connectivity index (χ3n) is 5.34. The van der Waals surface area contributed by atoms with Crippen LogP contribution in [0.15, 0.2) is 36.4 Å². The number of ether oxygens (including phenoxy) is 1. The van der Waals surface area contributed by atoms with Crippen molar-refractivity contribution in [3.63, 3.8) is 0 Å². The van der Waals surface area contributed by atoms with Gasteiger partial charge in [0.1, 0.15) is 12.2 Å². The van der Waals surface area contributed by atoms with Crippen LogP contribution in [0.3, 0.4) is 0 Å². The van der Waals surface area contributed by atoms with Crippen LogP contribution in [0.4, 0.5) is 5.69 Å². The van der Waals surface area contributed by atoms with E-state index < -0.39 is 18.3 Å². The Morgan fingerprint density at radius 2 is 1.81 bits per heavy atom. The zero-order valence-corrected chi connectivity index (χ0v) is 19.0. The number of rotatable bonds is 7. The number of aryl methyl sites for hydroxylation is 2. The third-order valence-corrected chi connectivity index (χ3v) is 5.34. The molecule has 0 fully saturated rings. The summed E-state index contributed by atoms with van der Waals surface area (Å²) in [6, 6.07) is 11.5. The van der Waals surface area contributed by atoms with Crippen LogP contribution >= 0.6 is 0 Å². The predicted octanol–water partition coefficient (Wildman–Crippen LogP) is 4.77. The van der Waals surface area contributed by atoms with E-state index in [-0.39, 0.29) is 11.9 Å². The van der Waals surface area contributed by atoms with Gasteiger partial charge >= 0.3 is 11.9 Å². The minimum atomic E-state index is -1.17. The first-order chi connectivity index (χ1) is 15.1. The van der Waals surface area contributed by atoms with Crippen LogP contribution in [0.25, 0.3) is 10.9 Å². The smallest absolute Gasteiger partial charge is 0.312 e. The van der Waals surface area contributed by atoms with Gasteiger partial charge in [0, 0.05) is 24.5 Å². The van der Waals surface area contributed by atoms with Crippen LogP contribution in [-0.2, 0) is 20.9 Å². The topological polar surface area (TPSA) is 97.6 Å². The molecule has 0 saturated carbocycles. The van der Waals surface area contributed by atoms with Crippen molar-refractivity contribution in [3.05, 3.63) is 58.8 Å². The molecule has 2 N–H and O–H groups in total. The number of nitrogens with one attached hydrogen (secondary N) is 1. The monoisotopic (exact) mass is 436 g/mol. The molecule has 0 bridgehead atoms. The summed E-state index contributed by atoms with van der Waals surface area (Å²) in [5.41, 5.74) is 5.65. The molecule has 7 nitrogen and oxygen atoms in total. The van der Waals surface area contributed by atoms with E-state index >= 15 is 0 Å². The Kier molecular flexibility index (Phi) is 6.67. The lowest BCUT2D eigenvalue weighted by Crippen LogP contribution is -2.16. The third kappa shape index (κ3) is 4.99. The fraction of sp³-hybridized carbons (Fsp3) is 0.320. The first-order valence-electron chi connectivity index (χ1n) is 10.5. The Morgan fingerprint density at radius 3 is 2.44 bits per heavy atom. The van der Waals surface area contributed by atoms with E-state index in [0.717, 1.165) is 33.3 Å². The number of hydrogen-bond acceptors (Lipinski definition) is 4. The molecule has 2 aromatic carbocycles. The summed E-state index contributed by atoms with van der Waals surface area (Å²) in [6.07, 6.45) is -0.582. The molecule has 3 rings (SSSR count). The van der Waals surface area contributed by atoms with E-state index in [4.69, 9.17) is 9.84 Å². The number of hydrogen-bond donors (Lipinski definition) is 2. The van der Waals surface area contributed by atoms with Gasteiger partial charge in [0.2, 0.25) is 5.91 Å². The highest BCUT2D eigenvalue weighted by molar-refractivity contribution is 6.07. The summed E-state index contributed by atoms with van der Waals surface area (Å²) in [4.78, 5) is 34.3. The minimum absolute atomic E-state index is 0.185. The molecule has 3 aromatic rings. The van der Waals surface area contributed by atoms with Crippen LogP contribution in [0.5, 0.6) is 5.75 Å². The summed E-state index contributed by atoms with van der Waals surface area (Å²) in [5, 5.41) is 12.4. The van der Waals surface area contributed by atoms with Gasteiger partial charge in [-0.25, -0.2) is 0 Å². The second-order valence-corrected chi connectivity index (χ2v) is 8.30. The molecule has 0 spiro atoms. The molecule has 0 radical (unpaired) electrons. The number of carbonyl (C=O) groups excluding carboxylic acids is 2. The van der Waals surface area contributed by atoms with Gasteiger partial charge in [0.05, 0.1) is 11.2 Å². The highest BCUT2D eigenvalue weighted by Gasteiger charge is 2.16. The number of carboxylic acid groups (broad SMARTS) is 1. The van der Waals surface area contributed by atoms with Crippen LogP contribution < -0.4 is 10.1 Å². The van der Waals surface area contributed by atoms with Crippen molar-refractivity contribution in [3.8, 4) is 5.75 Å². The molecule has 0 aliphatic heterocycles. The molecule has 0 aliphatic carbocycles. The molecule has 0 atom stereocenters. The van der Waals surface area contributed by atoms with E-state index in [1.54, 1.807) is 6.07 Å². The summed E-state index contributed by atoms with van der Waals surface area (Å²) >= 11 is 0. The fourth-order valence-corrected chi connectivity index (χ4v) is 3.91. The molecular formula is C25H28N2O5. The molecule has 0 saturated heterocycles. The van der Waals surface area contributed by atoms with Crippen molar-refractivity contribution in [2.45, 2.75) is 53.5 Å². The van der Waals surface area contributed by atoms with Gasteiger partial charge in [-0.3, -0.25) is 14.4 Å². The SMILES string of the molecule is CC(=O)Oc1ccc(Cn2c(C)cc3c(NC(=O)CC(=O)O)ccc(C)c32)cc1C(C)C. The Balaban J connectivity index is 2.01. The molecule has 1 amide bonds. The van der Waals surface area contributed by atoms with Crippen molar-refractivity contribution in [1.29, 1.82) is 0 Å². The van der Waals surface area contributed by atoms with E-state index in [0.29, 0.717) is 18.0 Å². The van der Waals surface area contributed by atoms with Crippen LogP contribution in [0.1, 0.15) is 55.5 Å². The summed E-state index contributed by atoms with van der Waals surface area (Å²) in [7, 11) is 0. The molecular weight excluding hydrogens is 408 g/mol. The standard InChI is InChI=1S/C25H28N2O5/c1-14(2)19-11-18(7-9-22(19)32-17(5)28)13-27-16(4)10-20-21(8-6-15(3)25(20)27)26-23(29)12-24(30)31/h6-11,14H,12-13H2,1-5H3,(H,26,29)(H,30,31). The molecule has 1 heterocycles. The Labute approximate surface area is 187 Å². The van der Waals surface area contributed by atoms with Gasteiger partial charge in [-0.05, 0) is 54.7 Å². The maximum Gasteiger partial charge on any atom is 0.312 e. The van der Waals surface area contributed by atoms with Gasteiger partial charge in [-0.1, -0.05) is 32.0 Å². The van der Waals surface area contributed by atoms with Crippen molar-refractivity contribution in [2.75, 3.05) is 5.32 Å². The summed E-state index contributed by atoms with van der Waals surface area (Å²) in [5.74, 6) is -1.32. The second-order valence-electron chi connectivity index (χ2n) is 8.30. The van der Waals surface area contributed by atoms with Crippen LogP contribution in [-0.4, -0.2) is 27.5 Å². The maximum absolute atomic E-state index is 12.0. The van der Waals surface area contributed by atoms with E-state index in [2.05, 4.69) is 29.8 Å². The Bertz CT molecular complexity index is 1210. The summed E-state index contributed by atoms with van der Waals surface area (Å²) < 4.78 is 7.53. The predicted molar refractivity (Wildman–Crippen MR) is 123 cm³/mol. The van der Waals surface area contributed by atoms with Gasteiger partial charge in [-0.15, -0.1) is 0 Å². The first-order valence-corrected chi connectivity index (χ1v) is 10.5. The van der Waals surface area contributed by atoms with Crippen molar-refractivity contribution < 1.29 is 24.2 Å². The van der Waals surface area contributed by atoms with E-state index in [1.165, 1.54) is 6.92 Å². The largest absolute Gasteiger partial charge is 0.481 e. The van der Waals surface area contributed by atoms with Gasteiger partial charge < -0.3 is 19.7 Å². The van der Waals surface area contributed by atoms with Crippen molar-refractivity contribution in [2.24, 2.45) is 0 Å². The van der Waals surface area contributed by atoms with Crippen molar-refractivity contribution in [1.82, 2.24) is 4.57 Å². The lowest BCUT2D eigenvalue weighted by molar-refractivity contribution is -0.139. The number of carbonyl (C=O) groups is 3. The minimum Gasteiger partial charge on any atom is -0.481 e. The van der Waals surface area contributed by atoms with Crippen molar-refractivity contribution >= 4 is 34.4 Å². The van der Waals surface area contributed by atoms with E-state index in [1.807, 2.05) is 38.1 Å². The highest BCUT2D eigenvalue weighted by atomic mass is 16.5. The zero-order chi connectivity index (χ0) is 23.6. The number of aromatic nitrogens is 1. The molecule has 7 heteroatoms. The second kappa shape index (κ2) is 9.26. The maximum atomic E-state index is 12.0. The molecule has 1 aromatic heterocycles. The van der Waals surface area contributed by atoms with E-state index in [9.17, 15) is 14.4 Å². The zero-order valence-electron chi connectivity index (χ0n) is 19.0. The quantitative estimate of drug-likeness (QED) is 0.316. The lowest BCUT2D eigenvalue weighted by atomic mass is 9.99. The Morgan fingerprint density at radius 1 is 1.09 bits per heavy atom. The number of esters is 1. The van der Waals surface area contributed by atoms with Gasteiger partial charge in [0.25, 0.3) is 0 Å². The lowest BCUT2D eigenvalue weighted by Gasteiger charge is -2.16. The summed E-state index contributed by atoms with van der Waals surface area (Å²) in [6.45, 7) is 10.1. The Hall–Kier alpha value is -3.61. The van der Waals surface area contributed by atoms with Gasteiger partial charge in [-0.2, -0.15) is 0 Å². The number of nitrogens with zero attached hydrogens (tertiary/aromatic N) is 1. The first kappa shape index (κ1) is 23.1. The number of anilines is 1. The number of aliphatic carboxylic acids is 1. The van der Waals surface area contributed by atoms with Gasteiger partial charge in [0.15, 0.2) is 0 Å². The van der Waals surface area contributed by atoms with Crippen LogP contribution in [0, 0.1) is 13.8 Å².